The Kier molecular flexibility index (Phi) is 5.67. The highest BCUT2D eigenvalue weighted by atomic mass is 16.5. The largest absolute Gasteiger partial charge is 0.491 e. The third-order valence-corrected chi connectivity index (χ3v) is 5.19. The number of aromatic carboxylic acids is 1. The van der Waals surface area contributed by atoms with Crippen LogP contribution >= 0.6 is 0 Å². The summed E-state index contributed by atoms with van der Waals surface area (Å²) < 4.78 is 11.6. The van der Waals surface area contributed by atoms with Crippen LogP contribution in [0.2, 0.25) is 0 Å². The molecular weight excluding hydrogens is 392 g/mol. The van der Waals surface area contributed by atoms with Gasteiger partial charge in [0.2, 0.25) is 0 Å². The lowest BCUT2D eigenvalue weighted by molar-refractivity contribution is 0.0697. The van der Waals surface area contributed by atoms with Crippen LogP contribution in [0.1, 0.15) is 32.7 Å². The Bertz CT molecular complexity index is 1190. The Balaban J connectivity index is 1.62. The number of carboxylic acids is 1. The number of carbonyl (C=O) groups is 1. The molecule has 0 bridgehead atoms. The summed E-state index contributed by atoms with van der Waals surface area (Å²) in [4.78, 5) is 15.8. The van der Waals surface area contributed by atoms with Crippen LogP contribution in [0.15, 0.2) is 60.7 Å². The number of benzene rings is 2. The van der Waals surface area contributed by atoms with E-state index in [-0.39, 0.29) is 11.7 Å². The van der Waals surface area contributed by atoms with Crippen molar-refractivity contribution >= 4 is 17.6 Å². The molecule has 0 saturated heterocycles. The molecule has 1 aliphatic carbocycles. The van der Waals surface area contributed by atoms with Gasteiger partial charge in [-0.2, -0.15) is 5.26 Å². The molecular formula is C25H20N2O4. The minimum Gasteiger partial charge on any atom is -0.491 e. The summed E-state index contributed by atoms with van der Waals surface area (Å²) in [5.41, 5.74) is 3.99. The van der Waals surface area contributed by atoms with Gasteiger partial charge < -0.3 is 14.6 Å². The van der Waals surface area contributed by atoms with Gasteiger partial charge in [0.15, 0.2) is 5.75 Å². The highest BCUT2D eigenvalue weighted by molar-refractivity contribution is 5.93. The third-order valence-electron chi connectivity index (χ3n) is 5.19. The van der Waals surface area contributed by atoms with Crippen LogP contribution < -0.4 is 9.47 Å². The number of nitriles is 1. The molecule has 1 heterocycles. The summed E-state index contributed by atoms with van der Waals surface area (Å²) in [6, 6.07) is 20.1. The van der Waals surface area contributed by atoms with E-state index in [1.807, 2.05) is 12.1 Å². The van der Waals surface area contributed by atoms with Crippen LogP contribution in [0, 0.1) is 11.3 Å². The molecule has 0 unspecified atom stereocenters. The van der Waals surface area contributed by atoms with Crippen LogP contribution in [0.4, 0.5) is 0 Å². The number of hydrogen-bond acceptors (Lipinski definition) is 5. The third kappa shape index (κ3) is 4.41. The van der Waals surface area contributed by atoms with E-state index < -0.39 is 5.97 Å². The first-order valence-electron chi connectivity index (χ1n) is 9.81. The summed E-state index contributed by atoms with van der Waals surface area (Å²) in [6.07, 6.45) is 3.16. The quantitative estimate of drug-likeness (QED) is 0.604. The number of nitrogens with zero attached hydrogens (tertiary/aromatic N) is 2. The van der Waals surface area contributed by atoms with Crippen molar-refractivity contribution in [2.75, 3.05) is 7.11 Å². The zero-order valence-electron chi connectivity index (χ0n) is 16.9. The van der Waals surface area contributed by atoms with Crippen molar-refractivity contribution in [3.8, 4) is 17.7 Å². The summed E-state index contributed by atoms with van der Waals surface area (Å²) in [5.74, 6) is -0.167. The van der Waals surface area contributed by atoms with E-state index in [0.717, 1.165) is 12.8 Å². The fraction of sp³-hybridized carbons (Fsp3) is 0.160. The minimum atomic E-state index is -1.05. The average molecular weight is 412 g/mol. The van der Waals surface area contributed by atoms with Gasteiger partial charge in [-0.1, -0.05) is 36.4 Å². The van der Waals surface area contributed by atoms with E-state index >= 15 is 0 Å². The van der Waals surface area contributed by atoms with Crippen molar-refractivity contribution in [1.29, 1.82) is 5.26 Å². The molecule has 0 fully saturated rings. The maximum absolute atomic E-state index is 11.2. The molecule has 0 spiro atoms. The molecule has 1 aliphatic rings. The Labute approximate surface area is 180 Å². The van der Waals surface area contributed by atoms with Gasteiger partial charge >= 0.3 is 5.97 Å². The van der Waals surface area contributed by atoms with Crippen molar-refractivity contribution in [3.05, 3.63) is 88.6 Å². The molecule has 154 valence electrons. The maximum atomic E-state index is 11.2. The first kappa shape index (κ1) is 20.2. The lowest BCUT2D eigenvalue weighted by Crippen LogP contribution is -2.17. The van der Waals surface area contributed by atoms with E-state index in [0.29, 0.717) is 28.5 Å². The van der Waals surface area contributed by atoms with E-state index in [4.69, 9.17) is 9.47 Å². The lowest BCUT2D eigenvalue weighted by atomic mass is 10.0. The number of aromatic nitrogens is 1. The molecule has 1 N–H and O–H groups in total. The monoisotopic (exact) mass is 412 g/mol. The van der Waals surface area contributed by atoms with E-state index in [9.17, 15) is 15.2 Å². The zero-order valence-corrected chi connectivity index (χ0v) is 16.9. The molecule has 31 heavy (non-hydrogen) atoms. The average Bonchev–Trinajstić information content (AvgIpc) is 3.20. The SMILES string of the molecule is COc1ccc(C=C(C#N)c2cccc(C(=O)O)c2)nc1OC1Cc2ccccc2C1. The van der Waals surface area contributed by atoms with Gasteiger partial charge in [0, 0.05) is 12.8 Å². The fourth-order valence-electron chi connectivity index (χ4n) is 3.67. The highest BCUT2D eigenvalue weighted by Gasteiger charge is 2.24. The molecule has 3 aromatic rings. The summed E-state index contributed by atoms with van der Waals surface area (Å²) in [6.45, 7) is 0. The second-order valence-electron chi connectivity index (χ2n) is 7.22. The molecule has 0 aliphatic heterocycles. The zero-order chi connectivity index (χ0) is 21.8. The smallest absolute Gasteiger partial charge is 0.335 e. The highest BCUT2D eigenvalue weighted by Crippen LogP contribution is 2.31. The Hall–Kier alpha value is -4.11. The van der Waals surface area contributed by atoms with Crippen molar-refractivity contribution in [2.45, 2.75) is 18.9 Å². The summed E-state index contributed by atoms with van der Waals surface area (Å²) >= 11 is 0. The van der Waals surface area contributed by atoms with Gasteiger partial charge in [-0.25, -0.2) is 9.78 Å². The number of carboxylic acid groups (broad SMARTS) is 1. The number of pyridine rings is 1. The molecule has 2 aromatic carbocycles. The molecule has 0 amide bonds. The maximum Gasteiger partial charge on any atom is 0.335 e. The van der Waals surface area contributed by atoms with Gasteiger partial charge in [0.05, 0.1) is 30.0 Å². The van der Waals surface area contributed by atoms with Gasteiger partial charge in [-0.15, -0.1) is 0 Å². The number of ether oxygens (including phenoxy) is 2. The predicted molar refractivity (Wildman–Crippen MR) is 116 cm³/mol. The van der Waals surface area contributed by atoms with Gasteiger partial charge in [0.25, 0.3) is 5.88 Å². The summed E-state index contributed by atoms with van der Waals surface area (Å²) in [7, 11) is 1.56. The fourth-order valence-corrected chi connectivity index (χ4v) is 3.67. The van der Waals surface area contributed by atoms with Crippen molar-refractivity contribution < 1.29 is 19.4 Å². The Morgan fingerprint density at radius 3 is 2.45 bits per heavy atom. The summed E-state index contributed by atoms with van der Waals surface area (Å²) in [5, 5.41) is 18.8. The molecule has 0 radical (unpaired) electrons. The van der Waals surface area contributed by atoms with Crippen molar-refractivity contribution in [3.63, 3.8) is 0 Å². The number of rotatable bonds is 6. The first-order chi connectivity index (χ1) is 15.1. The van der Waals surface area contributed by atoms with Crippen LogP contribution in [0.5, 0.6) is 11.6 Å². The van der Waals surface area contributed by atoms with Gasteiger partial charge in [0.1, 0.15) is 6.10 Å². The normalized spacial score (nSPS) is 13.4. The molecule has 4 rings (SSSR count). The molecule has 1 aromatic heterocycles. The number of hydrogen-bond donors (Lipinski definition) is 1. The minimum absolute atomic E-state index is 0.0410. The van der Waals surface area contributed by atoms with Crippen LogP contribution in [0.3, 0.4) is 0 Å². The predicted octanol–water partition coefficient (Wildman–Crippen LogP) is 4.40. The van der Waals surface area contributed by atoms with E-state index in [2.05, 4.69) is 23.2 Å². The number of methoxy groups -OCH3 is 1. The first-order valence-corrected chi connectivity index (χ1v) is 9.81. The molecule has 0 saturated carbocycles. The lowest BCUT2D eigenvalue weighted by Gasteiger charge is -2.15. The van der Waals surface area contributed by atoms with Crippen LogP contribution in [0.25, 0.3) is 11.6 Å². The van der Waals surface area contributed by atoms with Crippen molar-refractivity contribution in [1.82, 2.24) is 4.98 Å². The second kappa shape index (κ2) is 8.72. The topological polar surface area (TPSA) is 92.4 Å². The van der Waals surface area contributed by atoms with Gasteiger partial charge in [-0.05, 0) is 47.0 Å². The number of fused-ring (bicyclic) bond motifs is 1. The van der Waals surface area contributed by atoms with E-state index in [1.165, 1.54) is 23.3 Å². The van der Waals surface area contributed by atoms with Crippen molar-refractivity contribution in [2.24, 2.45) is 0 Å². The van der Waals surface area contributed by atoms with Gasteiger partial charge in [-0.3, -0.25) is 0 Å². The Morgan fingerprint density at radius 1 is 1.10 bits per heavy atom. The van der Waals surface area contributed by atoms with E-state index in [1.54, 1.807) is 37.5 Å². The number of allylic oxidation sites excluding steroid dienone is 1. The Morgan fingerprint density at radius 2 is 1.81 bits per heavy atom. The molecule has 6 nitrogen and oxygen atoms in total. The standard InChI is InChI=1S/C25H20N2O4/c1-30-23-10-9-21(12-20(15-26)16-7-4-8-19(11-16)25(28)29)27-24(23)31-22-13-17-5-2-3-6-18(17)14-22/h2-12,22H,13-14H2,1H3,(H,28,29). The molecule has 0 atom stereocenters. The second-order valence-corrected chi connectivity index (χ2v) is 7.22. The van der Waals surface area contributed by atoms with Crippen LogP contribution in [-0.4, -0.2) is 29.3 Å². The van der Waals surface area contributed by atoms with Crippen LogP contribution in [-0.2, 0) is 12.8 Å². The molecule has 6 heteroatoms.